The van der Waals surface area contributed by atoms with Crippen LogP contribution in [0.4, 0.5) is 4.79 Å². The van der Waals surface area contributed by atoms with Crippen LogP contribution in [-0.4, -0.2) is 71.2 Å². The largest absolute Gasteiger partial charge is 0.444 e. The molecule has 1 aromatic carbocycles. The molecule has 40 heavy (non-hydrogen) atoms. The first-order valence-electron chi connectivity index (χ1n) is 14.5. The van der Waals surface area contributed by atoms with Crippen molar-refractivity contribution in [3.05, 3.63) is 36.3 Å². The molecule has 1 N–H and O–H groups in total. The van der Waals surface area contributed by atoms with Crippen LogP contribution in [0.25, 0.3) is 11.3 Å². The molecule has 1 amide bonds. The van der Waals surface area contributed by atoms with E-state index in [9.17, 15) is 9.90 Å². The lowest BCUT2D eigenvalue weighted by Gasteiger charge is -2.37. The van der Waals surface area contributed by atoms with Crippen molar-refractivity contribution in [2.75, 3.05) is 13.2 Å². The van der Waals surface area contributed by atoms with E-state index in [2.05, 4.69) is 36.3 Å². The van der Waals surface area contributed by atoms with Gasteiger partial charge in [0.2, 0.25) is 0 Å². The third-order valence-corrected chi connectivity index (χ3v) is 9.31. The van der Waals surface area contributed by atoms with E-state index < -0.39 is 24.9 Å². The monoisotopic (exact) mass is 571 g/mol. The third-order valence-electron chi connectivity index (χ3n) is 7.60. The van der Waals surface area contributed by atoms with Gasteiger partial charge in [0, 0.05) is 21.2 Å². The molecule has 3 rings (SSSR count). The van der Waals surface area contributed by atoms with Crippen molar-refractivity contribution < 1.29 is 24.0 Å². The van der Waals surface area contributed by atoms with Crippen molar-refractivity contribution in [3.63, 3.8) is 0 Å². The van der Waals surface area contributed by atoms with Crippen LogP contribution in [0.1, 0.15) is 73.2 Å². The van der Waals surface area contributed by atoms with Crippen LogP contribution in [-0.2, 0) is 20.9 Å². The second-order valence-corrected chi connectivity index (χ2v) is 19.8. The fraction of sp³-hybridized carbons (Fsp3) is 0.667. The van der Waals surface area contributed by atoms with Gasteiger partial charge in [0.25, 0.3) is 0 Å². The lowest BCUT2D eigenvalue weighted by molar-refractivity contribution is -0.0893. The predicted molar refractivity (Wildman–Crippen MR) is 165 cm³/mol. The van der Waals surface area contributed by atoms with Crippen LogP contribution < -0.4 is 5.46 Å². The highest BCUT2D eigenvalue weighted by Crippen LogP contribution is 2.35. The van der Waals surface area contributed by atoms with E-state index in [0.717, 1.165) is 41.4 Å². The molecule has 10 heteroatoms. The van der Waals surface area contributed by atoms with Gasteiger partial charge < -0.3 is 23.8 Å². The minimum atomic E-state index is -1.23. The fourth-order valence-electron chi connectivity index (χ4n) is 4.34. The van der Waals surface area contributed by atoms with Gasteiger partial charge in [-0.1, -0.05) is 49.4 Å². The molecule has 0 aliphatic carbocycles. The Labute approximate surface area is 242 Å². The molecule has 0 radical (unpaired) electrons. The second kappa shape index (κ2) is 12.4. The summed E-state index contributed by atoms with van der Waals surface area (Å²) >= 11 is 0. The van der Waals surface area contributed by atoms with E-state index in [0.29, 0.717) is 27.4 Å². The number of hydrogen-bond acceptors (Lipinski definition) is 6. The maximum Gasteiger partial charge on any atom is 0.410 e. The zero-order chi connectivity index (χ0) is 29.9. The summed E-state index contributed by atoms with van der Waals surface area (Å²) in [6.45, 7) is 21.7. The highest BCUT2D eigenvalue weighted by Gasteiger charge is 2.37. The predicted octanol–water partition coefficient (Wildman–Crippen LogP) is 5.48. The first kappa shape index (κ1) is 32.4. The SMILES string of the molecule is CC(C)(C)OC(=O)N1CCC[C@H]1c1ncc(-c2ccc(BOC(C)(C)C(C)(C)O)cc2)n1COCC[Si](C)(C)C. The number of hydrogen-bond donors (Lipinski definition) is 1. The highest BCUT2D eigenvalue weighted by atomic mass is 28.3. The summed E-state index contributed by atoms with van der Waals surface area (Å²) in [7, 11) is -0.834. The number of aliphatic hydroxyl groups is 1. The Morgan fingerprint density at radius 2 is 1.75 bits per heavy atom. The molecular formula is C30H50BN3O5Si. The summed E-state index contributed by atoms with van der Waals surface area (Å²) in [6, 6.07) is 9.13. The molecule has 8 nitrogen and oxygen atoms in total. The van der Waals surface area contributed by atoms with Gasteiger partial charge in [-0.25, -0.2) is 9.78 Å². The second-order valence-electron chi connectivity index (χ2n) is 14.2. The zero-order valence-electron chi connectivity index (χ0n) is 26.3. The first-order chi connectivity index (χ1) is 18.4. The highest BCUT2D eigenvalue weighted by molar-refractivity contribution is 6.76. The van der Waals surface area contributed by atoms with Gasteiger partial charge in [0.15, 0.2) is 0 Å². The standard InChI is InChI=1S/C30H50BN3O5Si/c1-28(2,3)38-27(35)33-17-11-12-24(33)26-32-20-25(34(26)21-37-18-19-40(8,9)10)22-13-15-23(16-14-22)31-39-30(6,7)29(4,5)36/h13-16,20,24,31,36H,11-12,17-19,21H2,1-10H3/t24-/m0/s1. The molecule has 1 aromatic heterocycles. The van der Waals surface area contributed by atoms with Gasteiger partial charge in [-0.2, -0.15) is 0 Å². The number of benzene rings is 1. The van der Waals surface area contributed by atoms with Gasteiger partial charge >= 0.3 is 13.6 Å². The van der Waals surface area contributed by atoms with E-state index in [1.807, 2.05) is 52.9 Å². The Morgan fingerprint density at radius 1 is 1.10 bits per heavy atom. The molecule has 0 spiro atoms. The number of carbonyl (C=O) groups excluding carboxylic acids is 1. The molecule has 2 heterocycles. The fourth-order valence-corrected chi connectivity index (χ4v) is 5.10. The van der Waals surface area contributed by atoms with Gasteiger partial charge in [0.05, 0.1) is 29.1 Å². The lowest BCUT2D eigenvalue weighted by atomic mass is 9.82. The number of aromatic nitrogens is 2. The Balaban J connectivity index is 1.86. The molecule has 1 saturated heterocycles. The Kier molecular flexibility index (Phi) is 10.0. The Bertz CT molecular complexity index is 1130. The smallest absolute Gasteiger partial charge is 0.410 e. The maximum atomic E-state index is 13.0. The Hall–Kier alpha value is -2.14. The summed E-state index contributed by atoms with van der Waals surface area (Å²) in [4.78, 5) is 19.7. The van der Waals surface area contributed by atoms with Crippen molar-refractivity contribution in [1.29, 1.82) is 0 Å². The molecule has 2 aromatic rings. The maximum absolute atomic E-state index is 13.0. The van der Waals surface area contributed by atoms with Gasteiger partial charge in [-0.3, -0.25) is 4.90 Å². The van der Waals surface area contributed by atoms with E-state index >= 15 is 0 Å². The number of rotatable bonds is 11. The van der Waals surface area contributed by atoms with Crippen molar-refractivity contribution in [2.45, 2.75) is 117 Å². The summed E-state index contributed by atoms with van der Waals surface area (Å²) < 4.78 is 20.1. The average molecular weight is 572 g/mol. The molecular weight excluding hydrogens is 521 g/mol. The zero-order valence-corrected chi connectivity index (χ0v) is 27.3. The van der Waals surface area contributed by atoms with Crippen molar-refractivity contribution >= 4 is 27.1 Å². The van der Waals surface area contributed by atoms with E-state index in [4.69, 9.17) is 19.1 Å². The molecule has 0 bridgehead atoms. The van der Waals surface area contributed by atoms with Gasteiger partial charge in [0.1, 0.15) is 18.2 Å². The van der Waals surface area contributed by atoms with E-state index in [-0.39, 0.29) is 12.1 Å². The van der Waals surface area contributed by atoms with E-state index in [1.54, 1.807) is 18.7 Å². The van der Waals surface area contributed by atoms with Crippen molar-refractivity contribution in [1.82, 2.24) is 14.5 Å². The molecule has 1 atom stereocenters. The van der Waals surface area contributed by atoms with Crippen LogP contribution in [0, 0.1) is 0 Å². The van der Waals surface area contributed by atoms with Gasteiger partial charge in [-0.15, -0.1) is 0 Å². The summed E-state index contributed by atoms with van der Waals surface area (Å²) in [5.74, 6) is 0.825. The summed E-state index contributed by atoms with van der Waals surface area (Å²) in [5, 5.41) is 10.4. The topological polar surface area (TPSA) is 86.0 Å². The molecule has 0 saturated carbocycles. The minimum absolute atomic E-state index is 0.166. The quantitative estimate of drug-likeness (QED) is 0.284. The first-order valence-corrected chi connectivity index (χ1v) is 18.2. The number of amides is 1. The Morgan fingerprint density at radius 3 is 2.33 bits per heavy atom. The third kappa shape index (κ3) is 8.68. The number of carbonyl (C=O) groups is 1. The van der Waals surface area contributed by atoms with Crippen molar-refractivity contribution in [3.8, 4) is 11.3 Å². The molecule has 0 unspecified atom stereocenters. The van der Waals surface area contributed by atoms with Crippen LogP contribution in [0.3, 0.4) is 0 Å². The van der Waals surface area contributed by atoms with Crippen LogP contribution >= 0.6 is 0 Å². The van der Waals surface area contributed by atoms with E-state index in [1.165, 1.54) is 0 Å². The number of nitrogens with zero attached hydrogens (tertiary/aromatic N) is 3. The number of likely N-dealkylation sites (tertiary alicyclic amines) is 1. The van der Waals surface area contributed by atoms with Crippen LogP contribution in [0.15, 0.2) is 30.5 Å². The minimum Gasteiger partial charge on any atom is -0.444 e. The molecule has 222 valence electrons. The van der Waals surface area contributed by atoms with Crippen LogP contribution in [0.2, 0.25) is 25.7 Å². The normalized spacial score (nSPS) is 16.9. The number of imidazole rings is 1. The lowest BCUT2D eigenvalue weighted by Crippen LogP contribution is -2.49. The molecule has 1 aliphatic rings. The van der Waals surface area contributed by atoms with Gasteiger partial charge in [-0.05, 0) is 72.9 Å². The summed E-state index contributed by atoms with van der Waals surface area (Å²) in [5.41, 5.74) is 0.777. The molecule has 1 aliphatic heterocycles. The average Bonchev–Trinajstić information content (AvgIpc) is 3.45. The van der Waals surface area contributed by atoms with Crippen molar-refractivity contribution in [2.24, 2.45) is 0 Å². The molecule has 1 fully saturated rings. The van der Waals surface area contributed by atoms with Crippen LogP contribution in [0.5, 0.6) is 0 Å². The summed E-state index contributed by atoms with van der Waals surface area (Å²) in [6.07, 6.45) is 3.31. The number of ether oxygens (including phenoxy) is 2.